The summed E-state index contributed by atoms with van der Waals surface area (Å²) >= 11 is 1.95. The van der Waals surface area contributed by atoms with E-state index in [9.17, 15) is 14.4 Å². The Hall–Kier alpha value is -0.900. The average molecular weight is 400 g/mol. The zero-order valence-corrected chi connectivity index (χ0v) is 13.8. The van der Waals surface area contributed by atoms with Crippen molar-refractivity contribution in [2.75, 3.05) is 0 Å². The molecule has 1 heterocycles. The Labute approximate surface area is 130 Å². The Morgan fingerprint density at radius 1 is 0.900 bits per heavy atom. The Balaban J connectivity index is 2.93. The second-order valence-corrected chi connectivity index (χ2v) is 5.85. The number of halogens is 1. The van der Waals surface area contributed by atoms with Crippen molar-refractivity contribution in [3.63, 3.8) is 0 Å². The van der Waals surface area contributed by atoms with Gasteiger partial charge in [0, 0.05) is 20.8 Å². The lowest BCUT2D eigenvalue weighted by atomic mass is 10.0. The highest BCUT2D eigenvalue weighted by atomic mass is 127. The smallest absolute Gasteiger partial charge is 0.304 e. The van der Waals surface area contributed by atoms with Gasteiger partial charge >= 0.3 is 17.9 Å². The summed E-state index contributed by atoms with van der Waals surface area (Å²) in [6.07, 6.45) is -2.92. The minimum absolute atomic E-state index is 0.485. The number of carbonyl (C=O) groups is 3. The fraction of sp³-hybridized carbons (Fsp3) is 0.750. The zero-order valence-electron chi connectivity index (χ0n) is 11.6. The van der Waals surface area contributed by atoms with E-state index in [0.29, 0.717) is 0 Å². The first-order valence-electron chi connectivity index (χ1n) is 6.03. The summed E-state index contributed by atoms with van der Waals surface area (Å²) in [5.41, 5.74) is 0. The predicted molar refractivity (Wildman–Crippen MR) is 75.0 cm³/mol. The van der Waals surface area contributed by atoms with Gasteiger partial charge in [-0.25, -0.2) is 0 Å². The van der Waals surface area contributed by atoms with Gasteiger partial charge in [0.05, 0.1) is 6.10 Å². The number of carbonyl (C=O) groups excluding carboxylic acids is 3. The molecule has 1 saturated heterocycles. The van der Waals surface area contributed by atoms with Crippen molar-refractivity contribution in [3.05, 3.63) is 0 Å². The molecule has 1 aliphatic rings. The molecule has 0 spiro atoms. The molecule has 1 aliphatic heterocycles. The number of rotatable bonds is 3. The van der Waals surface area contributed by atoms with Crippen molar-refractivity contribution >= 4 is 40.5 Å². The van der Waals surface area contributed by atoms with Gasteiger partial charge in [0.25, 0.3) is 0 Å². The van der Waals surface area contributed by atoms with Gasteiger partial charge in [0.15, 0.2) is 12.2 Å². The van der Waals surface area contributed by atoms with Gasteiger partial charge in [-0.15, -0.1) is 0 Å². The lowest BCUT2D eigenvalue weighted by molar-refractivity contribution is -0.244. The first-order chi connectivity index (χ1) is 9.22. The molecule has 0 radical (unpaired) electrons. The molecule has 0 N–H and O–H groups in total. The standard InChI is InChI=1S/C12H17IO7/c1-5-10(18-6(2)14)11(19-7(3)15)9(13)12(17-5)20-8(4)16/h5,9-12H,1-4H3/t5-,9+,10-,11-,12-/m0/s1. The van der Waals surface area contributed by atoms with Crippen LogP contribution >= 0.6 is 22.6 Å². The molecule has 0 aromatic heterocycles. The second kappa shape index (κ2) is 7.21. The monoisotopic (exact) mass is 400 g/mol. The summed E-state index contributed by atoms with van der Waals surface area (Å²) in [5, 5.41) is 0. The van der Waals surface area contributed by atoms with E-state index in [1.165, 1.54) is 20.8 Å². The van der Waals surface area contributed by atoms with Crippen LogP contribution in [0.25, 0.3) is 0 Å². The topological polar surface area (TPSA) is 88.1 Å². The third-order valence-corrected chi connectivity index (χ3v) is 3.89. The van der Waals surface area contributed by atoms with Crippen LogP contribution in [0.4, 0.5) is 0 Å². The molecule has 0 bridgehead atoms. The molecular formula is C12H17IO7. The number of hydrogen-bond donors (Lipinski definition) is 0. The minimum Gasteiger partial charge on any atom is -0.457 e. The lowest BCUT2D eigenvalue weighted by Crippen LogP contribution is -2.58. The van der Waals surface area contributed by atoms with Crippen LogP contribution in [0, 0.1) is 0 Å². The molecule has 20 heavy (non-hydrogen) atoms. The molecule has 0 saturated carbocycles. The van der Waals surface area contributed by atoms with Crippen molar-refractivity contribution in [3.8, 4) is 0 Å². The van der Waals surface area contributed by atoms with Gasteiger partial charge in [-0.2, -0.15) is 0 Å². The highest BCUT2D eigenvalue weighted by molar-refractivity contribution is 14.1. The molecule has 5 atom stereocenters. The largest absolute Gasteiger partial charge is 0.457 e. The van der Waals surface area contributed by atoms with Gasteiger partial charge in [0.1, 0.15) is 3.92 Å². The van der Waals surface area contributed by atoms with Gasteiger partial charge < -0.3 is 18.9 Å². The Morgan fingerprint density at radius 2 is 1.35 bits per heavy atom. The third kappa shape index (κ3) is 4.58. The normalized spacial score (nSPS) is 33.1. The molecule has 0 aromatic rings. The molecule has 0 aromatic carbocycles. The van der Waals surface area contributed by atoms with E-state index in [2.05, 4.69) is 0 Å². The molecule has 8 heteroatoms. The molecule has 7 nitrogen and oxygen atoms in total. The Kier molecular flexibility index (Phi) is 6.18. The number of ether oxygens (including phenoxy) is 4. The summed E-state index contributed by atoms with van der Waals surface area (Å²) in [6, 6.07) is 0. The van der Waals surface area contributed by atoms with Crippen LogP contribution in [-0.2, 0) is 33.3 Å². The summed E-state index contributed by atoms with van der Waals surface area (Å²) in [5.74, 6) is -1.52. The van der Waals surface area contributed by atoms with E-state index in [1.807, 2.05) is 22.6 Å². The molecule has 0 unspecified atom stereocenters. The fourth-order valence-corrected chi connectivity index (χ4v) is 2.77. The SMILES string of the molecule is CC(=O)O[C@@H]1O[C@@H](C)[C@H](OC(C)=O)[C@@H](OC(C)=O)[C@H]1I. The van der Waals surface area contributed by atoms with Crippen LogP contribution in [0.15, 0.2) is 0 Å². The second-order valence-electron chi connectivity index (χ2n) is 4.41. The van der Waals surface area contributed by atoms with E-state index >= 15 is 0 Å². The highest BCUT2D eigenvalue weighted by Crippen LogP contribution is 2.31. The van der Waals surface area contributed by atoms with Gasteiger partial charge in [0.2, 0.25) is 6.29 Å². The first-order valence-corrected chi connectivity index (χ1v) is 7.28. The van der Waals surface area contributed by atoms with Crippen molar-refractivity contribution < 1.29 is 33.3 Å². The maximum absolute atomic E-state index is 11.2. The van der Waals surface area contributed by atoms with E-state index in [1.54, 1.807) is 6.92 Å². The van der Waals surface area contributed by atoms with Crippen molar-refractivity contribution in [1.82, 2.24) is 0 Å². The van der Waals surface area contributed by atoms with Crippen molar-refractivity contribution in [2.45, 2.75) is 56.2 Å². The summed E-state index contributed by atoms with van der Waals surface area (Å²) in [6.45, 7) is 5.44. The van der Waals surface area contributed by atoms with Crippen molar-refractivity contribution in [2.24, 2.45) is 0 Å². The van der Waals surface area contributed by atoms with E-state index in [-0.39, 0.29) is 0 Å². The van der Waals surface area contributed by atoms with Gasteiger partial charge in [-0.05, 0) is 6.92 Å². The number of alkyl halides is 1. The summed E-state index contributed by atoms with van der Waals surface area (Å²) in [4.78, 5) is 33.4. The van der Waals surface area contributed by atoms with E-state index in [4.69, 9.17) is 18.9 Å². The van der Waals surface area contributed by atoms with Crippen LogP contribution in [0.5, 0.6) is 0 Å². The Bertz CT molecular complexity index is 397. The molecule has 1 rings (SSSR count). The zero-order chi connectivity index (χ0) is 15.4. The average Bonchev–Trinajstić information content (AvgIpc) is 2.28. The van der Waals surface area contributed by atoms with Gasteiger partial charge in [-0.3, -0.25) is 14.4 Å². The lowest BCUT2D eigenvalue weighted by Gasteiger charge is -2.41. The van der Waals surface area contributed by atoms with Crippen LogP contribution < -0.4 is 0 Å². The number of esters is 3. The van der Waals surface area contributed by atoms with Crippen LogP contribution in [0.1, 0.15) is 27.7 Å². The fourth-order valence-electron chi connectivity index (χ4n) is 1.90. The van der Waals surface area contributed by atoms with Crippen molar-refractivity contribution in [1.29, 1.82) is 0 Å². The van der Waals surface area contributed by atoms with Crippen LogP contribution in [0.3, 0.4) is 0 Å². The van der Waals surface area contributed by atoms with E-state index in [0.717, 1.165) is 0 Å². The molecule has 0 aliphatic carbocycles. The van der Waals surface area contributed by atoms with Gasteiger partial charge in [-0.1, -0.05) is 22.6 Å². The molecule has 0 amide bonds. The molecule has 114 valence electrons. The quantitative estimate of drug-likeness (QED) is 0.302. The van der Waals surface area contributed by atoms with Crippen LogP contribution in [-0.4, -0.2) is 46.4 Å². The predicted octanol–water partition coefficient (Wildman–Crippen LogP) is 0.961. The summed E-state index contributed by atoms with van der Waals surface area (Å²) in [7, 11) is 0. The van der Waals surface area contributed by atoms with Crippen LogP contribution in [0.2, 0.25) is 0 Å². The molecular weight excluding hydrogens is 383 g/mol. The third-order valence-electron chi connectivity index (χ3n) is 2.60. The maximum Gasteiger partial charge on any atom is 0.304 e. The Morgan fingerprint density at radius 3 is 1.80 bits per heavy atom. The first kappa shape index (κ1) is 17.2. The maximum atomic E-state index is 11.2. The summed E-state index contributed by atoms with van der Waals surface area (Å²) < 4.78 is 20.4. The minimum atomic E-state index is -0.862. The highest BCUT2D eigenvalue weighted by Gasteiger charge is 2.48. The van der Waals surface area contributed by atoms with E-state index < -0.39 is 46.4 Å². The molecule has 1 fully saturated rings. The number of hydrogen-bond acceptors (Lipinski definition) is 7.